The minimum Gasteiger partial charge on any atom is -0.460 e. The van der Waals surface area contributed by atoms with Crippen LogP contribution in [-0.4, -0.2) is 22.5 Å². The van der Waals surface area contributed by atoms with E-state index in [0.29, 0.717) is 5.92 Å². The van der Waals surface area contributed by atoms with Crippen LogP contribution in [0.15, 0.2) is 60.7 Å². The number of carbonyl (C=O) groups excluding carboxylic acids is 1. The van der Waals surface area contributed by atoms with Gasteiger partial charge in [0.05, 0.1) is 5.92 Å². The summed E-state index contributed by atoms with van der Waals surface area (Å²) >= 11 is 0. The van der Waals surface area contributed by atoms with Gasteiger partial charge in [0.15, 0.2) is 0 Å². The van der Waals surface area contributed by atoms with Gasteiger partial charge in [0.25, 0.3) is 0 Å². The first-order chi connectivity index (χ1) is 13.8. The fourth-order valence-electron chi connectivity index (χ4n) is 4.59. The van der Waals surface area contributed by atoms with E-state index in [2.05, 4.69) is 79.4 Å². The van der Waals surface area contributed by atoms with Crippen LogP contribution in [0.4, 0.5) is 0 Å². The highest BCUT2D eigenvalue weighted by molar-refractivity contribution is 5.74. The van der Waals surface area contributed by atoms with Crippen molar-refractivity contribution < 1.29 is 9.53 Å². The van der Waals surface area contributed by atoms with Gasteiger partial charge in [-0.25, -0.2) is 0 Å². The van der Waals surface area contributed by atoms with Crippen LogP contribution in [-0.2, 0) is 16.1 Å². The molecule has 0 bridgehead atoms. The average Bonchev–Trinajstić information content (AvgIpc) is 3.07. The molecule has 1 aliphatic carbocycles. The van der Waals surface area contributed by atoms with Crippen molar-refractivity contribution >= 4 is 5.97 Å². The van der Waals surface area contributed by atoms with Crippen LogP contribution >= 0.6 is 0 Å². The zero-order chi connectivity index (χ0) is 21.0. The van der Waals surface area contributed by atoms with Crippen LogP contribution in [0.1, 0.15) is 64.6 Å². The summed E-state index contributed by atoms with van der Waals surface area (Å²) in [6.45, 7) is 11.2. The molecule has 0 spiro atoms. The summed E-state index contributed by atoms with van der Waals surface area (Å²) < 4.78 is 5.82. The Morgan fingerprint density at radius 3 is 2.21 bits per heavy atom. The lowest BCUT2D eigenvalue weighted by molar-refractivity contribution is -0.162. The van der Waals surface area contributed by atoms with E-state index >= 15 is 0 Å². The minimum atomic E-state index is -0.456. The highest BCUT2D eigenvalue weighted by Gasteiger charge is 2.44. The SMILES string of the molecule is C[C@@H]1CC[C@H](C(=O)OC(C)(C)C)[C@H]1N(Cc1ccccc1)[C@@H](C)c1ccccc1. The lowest BCUT2D eigenvalue weighted by Gasteiger charge is -2.40. The third-order valence-corrected chi connectivity index (χ3v) is 6.01. The molecule has 0 radical (unpaired) electrons. The fourth-order valence-corrected chi connectivity index (χ4v) is 4.59. The lowest BCUT2D eigenvalue weighted by atomic mass is 9.92. The first-order valence-electron chi connectivity index (χ1n) is 10.8. The third-order valence-electron chi connectivity index (χ3n) is 6.01. The molecule has 4 atom stereocenters. The minimum absolute atomic E-state index is 0.0508. The molecule has 0 aliphatic heterocycles. The molecule has 2 aromatic rings. The first-order valence-corrected chi connectivity index (χ1v) is 10.8. The molecule has 1 fully saturated rings. The molecule has 3 nitrogen and oxygen atoms in total. The topological polar surface area (TPSA) is 29.5 Å². The first kappa shape index (κ1) is 21.6. The number of carbonyl (C=O) groups is 1. The number of rotatable bonds is 6. The van der Waals surface area contributed by atoms with E-state index < -0.39 is 5.60 Å². The predicted octanol–water partition coefficient (Wildman–Crippen LogP) is 6.01. The van der Waals surface area contributed by atoms with E-state index in [4.69, 9.17) is 4.74 Å². The standard InChI is InChI=1S/C26H35NO2/c1-19-16-17-23(25(28)29-26(3,4)5)24(19)27(18-21-12-8-6-9-13-21)20(2)22-14-10-7-11-15-22/h6-15,19-20,23-24H,16-18H2,1-5H3/t19-,20+,23+,24+/m1/s1. The second kappa shape index (κ2) is 9.13. The zero-order valence-corrected chi connectivity index (χ0v) is 18.5. The normalized spacial score (nSPS) is 23.2. The monoisotopic (exact) mass is 393 g/mol. The number of esters is 1. The molecule has 0 unspecified atom stereocenters. The Morgan fingerprint density at radius 1 is 1.03 bits per heavy atom. The van der Waals surface area contributed by atoms with E-state index in [9.17, 15) is 4.79 Å². The van der Waals surface area contributed by atoms with Crippen molar-refractivity contribution in [3.05, 3.63) is 71.8 Å². The summed E-state index contributed by atoms with van der Waals surface area (Å²) in [4.78, 5) is 15.6. The van der Waals surface area contributed by atoms with Gasteiger partial charge in [-0.1, -0.05) is 67.6 Å². The van der Waals surface area contributed by atoms with Crippen molar-refractivity contribution in [3.8, 4) is 0 Å². The van der Waals surface area contributed by atoms with Crippen molar-refractivity contribution in [1.82, 2.24) is 4.90 Å². The van der Waals surface area contributed by atoms with Gasteiger partial charge in [-0.2, -0.15) is 0 Å². The Labute approximate surface area is 176 Å². The maximum absolute atomic E-state index is 13.1. The Hall–Kier alpha value is -2.13. The summed E-state index contributed by atoms with van der Waals surface area (Å²) in [6.07, 6.45) is 1.95. The average molecular weight is 394 g/mol. The Balaban J connectivity index is 1.93. The Kier molecular flexibility index (Phi) is 6.79. The van der Waals surface area contributed by atoms with Crippen LogP contribution in [0.5, 0.6) is 0 Å². The largest absolute Gasteiger partial charge is 0.460 e. The fraction of sp³-hybridized carbons (Fsp3) is 0.500. The van der Waals surface area contributed by atoms with Gasteiger partial charge in [0.1, 0.15) is 5.60 Å². The quantitative estimate of drug-likeness (QED) is 0.563. The molecule has 0 N–H and O–H groups in total. The molecule has 0 aromatic heterocycles. The van der Waals surface area contributed by atoms with Crippen LogP contribution in [0.3, 0.4) is 0 Å². The summed E-state index contributed by atoms with van der Waals surface area (Å²) in [5.41, 5.74) is 2.10. The number of benzene rings is 2. The molecule has 0 saturated heterocycles. The molecule has 3 heteroatoms. The summed E-state index contributed by atoms with van der Waals surface area (Å²) in [6, 6.07) is 21.6. The van der Waals surface area contributed by atoms with Gasteiger partial charge in [-0.05, 0) is 57.6 Å². The second-order valence-corrected chi connectivity index (χ2v) is 9.43. The molecule has 29 heavy (non-hydrogen) atoms. The second-order valence-electron chi connectivity index (χ2n) is 9.43. The van der Waals surface area contributed by atoms with Gasteiger partial charge >= 0.3 is 5.97 Å². The summed E-state index contributed by atoms with van der Waals surface area (Å²) in [5.74, 6) is 0.312. The molecular weight excluding hydrogens is 358 g/mol. The molecule has 0 amide bonds. The van der Waals surface area contributed by atoms with Gasteiger partial charge in [0, 0.05) is 18.6 Å². The van der Waals surface area contributed by atoms with Crippen LogP contribution < -0.4 is 0 Å². The summed E-state index contributed by atoms with van der Waals surface area (Å²) in [7, 11) is 0. The molecule has 1 saturated carbocycles. The van der Waals surface area contributed by atoms with Crippen LogP contribution in [0, 0.1) is 11.8 Å². The summed E-state index contributed by atoms with van der Waals surface area (Å²) in [5, 5.41) is 0. The van der Waals surface area contributed by atoms with E-state index in [1.165, 1.54) is 11.1 Å². The van der Waals surface area contributed by atoms with Crippen molar-refractivity contribution in [2.75, 3.05) is 0 Å². The Morgan fingerprint density at radius 2 is 1.62 bits per heavy atom. The van der Waals surface area contributed by atoms with Gasteiger partial charge in [0.2, 0.25) is 0 Å². The zero-order valence-electron chi connectivity index (χ0n) is 18.5. The van der Waals surface area contributed by atoms with Crippen LogP contribution in [0.2, 0.25) is 0 Å². The number of hydrogen-bond donors (Lipinski definition) is 0. The van der Waals surface area contributed by atoms with Crippen molar-refractivity contribution in [3.63, 3.8) is 0 Å². The molecule has 156 valence electrons. The molecule has 3 rings (SSSR count). The maximum atomic E-state index is 13.1. The lowest BCUT2D eigenvalue weighted by Crippen LogP contribution is -2.46. The highest BCUT2D eigenvalue weighted by Crippen LogP contribution is 2.40. The van der Waals surface area contributed by atoms with Crippen molar-refractivity contribution in [2.45, 2.75) is 71.7 Å². The van der Waals surface area contributed by atoms with Gasteiger partial charge < -0.3 is 4.74 Å². The molecular formula is C26H35NO2. The molecule has 0 heterocycles. The smallest absolute Gasteiger partial charge is 0.311 e. The van der Waals surface area contributed by atoms with E-state index in [-0.39, 0.29) is 24.0 Å². The molecule has 2 aromatic carbocycles. The Bertz CT molecular complexity index is 781. The van der Waals surface area contributed by atoms with Crippen molar-refractivity contribution in [2.24, 2.45) is 11.8 Å². The number of hydrogen-bond acceptors (Lipinski definition) is 3. The van der Waals surface area contributed by atoms with Crippen molar-refractivity contribution in [1.29, 1.82) is 0 Å². The highest BCUT2D eigenvalue weighted by atomic mass is 16.6. The van der Waals surface area contributed by atoms with Gasteiger partial charge in [-0.15, -0.1) is 0 Å². The van der Waals surface area contributed by atoms with Crippen LogP contribution in [0.25, 0.3) is 0 Å². The van der Waals surface area contributed by atoms with Gasteiger partial charge in [-0.3, -0.25) is 9.69 Å². The van der Waals surface area contributed by atoms with E-state index in [1.807, 2.05) is 20.8 Å². The van der Waals surface area contributed by atoms with E-state index in [1.54, 1.807) is 0 Å². The third kappa shape index (κ3) is 5.48. The predicted molar refractivity (Wildman–Crippen MR) is 118 cm³/mol. The maximum Gasteiger partial charge on any atom is 0.311 e. The molecule has 1 aliphatic rings. The van der Waals surface area contributed by atoms with E-state index in [0.717, 1.165) is 19.4 Å². The number of nitrogens with zero attached hydrogens (tertiary/aromatic N) is 1. The number of ether oxygens (including phenoxy) is 1.